The predicted octanol–water partition coefficient (Wildman–Crippen LogP) is 5.11. The third-order valence-electron chi connectivity index (χ3n) is 6.34. The molecule has 4 heterocycles. The average Bonchev–Trinajstić information content (AvgIpc) is 3.10. The fourth-order valence-corrected chi connectivity index (χ4v) is 4.81. The van der Waals surface area contributed by atoms with Crippen molar-refractivity contribution in [3.05, 3.63) is 64.7 Å². The van der Waals surface area contributed by atoms with Crippen LogP contribution in [0, 0.1) is 20.8 Å². The molecule has 1 aromatic carbocycles. The standard InChI is InChI=1S/C26H30N6O/c1-5-33-22-12-10-21(11-13-22)32-17(3)23-16(2)30-31-26(24(23)18(32)4)28-15-20-9-8-19-7-6-14-27-25(19)29-20/h8-13H,5-7,14-15H2,1-4H3,(H,27,29)(H,28,31). The number of hydrogen-bond acceptors (Lipinski definition) is 6. The van der Waals surface area contributed by atoms with Crippen molar-refractivity contribution in [1.29, 1.82) is 0 Å². The highest BCUT2D eigenvalue weighted by Gasteiger charge is 2.19. The largest absolute Gasteiger partial charge is 0.494 e. The second-order valence-electron chi connectivity index (χ2n) is 8.51. The van der Waals surface area contributed by atoms with Crippen LogP contribution in [0.1, 0.15) is 41.7 Å². The van der Waals surface area contributed by atoms with Gasteiger partial charge in [0.15, 0.2) is 5.82 Å². The van der Waals surface area contributed by atoms with E-state index in [1.165, 1.54) is 5.56 Å². The number of benzene rings is 1. The van der Waals surface area contributed by atoms with E-state index in [2.05, 4.69) is 63.5 Å². The van der Waals surface area contributed by atoms with Gasteiger partial charge in [0.1, 0.15) is 11.6 Å². The highest BCUT2D eigenvalue weighted by atomic mass is 16.5. The van der Waals surface area contributed by atoms with E-state index in [4.69, 9.17) is 9.72 Å². The fraction of sp³-hybridized carbons (Fsp3) is 0.346. The van der Waals surface area contributed by atoms with Crippen LogP contribution >= 0.6 is 0 Å². The molecule has 7 nitrogen and oxygen atoms in total. The van der Waals surface area contributed by atoms with Gasteiger partial charge in [0, 0.05) is 34.4 Å². The van der Waals surface area contributed by atoms with Gasteiger partial charge < -0.3 is 19.9 Å². The molecule has 0 aliphatic carbocycles. The van der Waals surface area contributed by atoms with Gasteiger partial charge in [-0.1, -0.05) is 6.07 Å². The summed E-state index contributed by atoms with van der Waals surface area (Å²) in [5, 5.41) is 18.1. The minimum Gasteiger partial charge on any atom is -0.494 e. The number of hydrogen-bond donors (Lipinski definition) is 2. The minimum atomic E-state index is 0.592. The smallest absolute Gasteiger partial charge is 0.158 e. The van der Waals surface area contributed by atoms with Crippen LogP contribution in [0.25, 0.3) is 16.5 Å². The molecule has 0 spiro atoms. The van der Waals surface area contributed by atoms with E-state index in [1.54, 1.807) is 0 Å². The first kappa shape index (κ1) is 21.2. The summed E-state index contributed by atoms with van der Waals surface area (Å²) in [6.07, 6.45) is 2.25. The molecule has 0 fully saturated rings. The van der Waals surface area contributed by atoms with Crippen molar-refractivity contribution >= 4 is 22.4 Å². The first-order valence-corrected chi connectivity index (χ1v) is 11.6. The number of ether oxygens (including phenoxy) is 1. The van der Waals surface area contributed by atoms with Crippen molar-refractivity contribution < 1.29 is 4.74 Å². The van der Waals surface area contributed by atoms with Crippen LogP contribution in [0.2, 0.25) is 0 Å². The molecule has 1 aliphatic rings. The fourth-order valence-electron chi connectivity index (χ4n) is 4.81. The molecular formula is C26H30N6O. The molecule has 4 aromatic rings. The summed E-state index contributed by atoms with van der Waals surface area (Å²) in [6, 6.07) is 12.5. The van der Waals surface area contributed by atoms with Crippen molar-refractivity contribution in [3.8, 4) is 11.4 Å². The quantitative estimate of drug-likeness (QED) is 0.432. The number of nitrogens with one attached hydrogen (secondary N) is 2. The molecule has 0 saturated heterocycles. The van der Waals surface area contributed by atoms with Gasteiger partial charge in [0.2, 0.25) is 0 Å². The minimum absolute atomic E-state index is 0.592. The number of anilines is 2. The zero-order chi connectivity index (χ0) is 22.9. The lowest BCUT2D eigenvalue weighted by atomic mass is 10.1. The molecule has 3 aromatic heterocycles. The Morgan fingerprint density at radius 3 is 2.58 bits per heavy atom. The van der Waals surface area contributed by atoms with Gasteiger partial charge in [-0.15, -0.1) is 5.10 Å². The molecule has 0 unspecified atom stereocenters. The van der Waals surface area contributed by atoms with Gasteiger partial charge in [-0.05, 0) is 76.4 Å². The Morgan fingerprint density at radius 2 is 1.79 bits per heavy atom. The Balaban J connectivity index is 1.50. The van der Waals surface area contributed by atoms with Gasteiger partial charge in [-0.2, -0.15) is 5.10 Å². The first-order valence-electron chi connectivity index (χ1n) is 11.6. The summed E-state index contributed by atoms with van der Waals surface area (Å²) in [7, 11) is 0. The first-order chi connectivity index (χ1) is 16.1. The highest BCUT2D eigenvalue weighted by molar-refractivity contribution is 5.98. The van der Waals surface area contributed by atoms with Crippen molar-refractivity contribution in [2.24, 2.45) is 0 Å². The maximum Gasteiger partial charge on any atom is 0.158 e. The van der Waals surface area contributed by atoms with Crippen LogP contribution in [-0.2, 0) is 13.0 Å². The highest BCUT2D eigenvalue weighted by Crippen LogP contribution is 2.34. The molecule has 0 radical (unpaired) electrons. The zero-order valence-electron chi connectivity index (χ0n) is 19.7. The molecule has 0 saturated carbocycles. The van der Waals surface area contributed by atoms with Crippen molar-refractivity contribution in [2.45, 2.75) is 47.1 Å². The summed E-state index contributed by atoms with van der Waals surface area (Å²) in [4.78, 5) is 4.80. The number of aromatic nitrogens is 4. The molecule has 0 atom stereocenters. The summed E-state index contributed by atoms with van der Waals surface area (Å²) < 4.78 is 7.88. The van der Waals surface area contributed by atoms with Crippen molar-refractivity contribution in [3.63, 3.8) is 0 Å². The van der Waals surface area contributed by atoms with Crippen LogP contribution in [-0.4, -0.2) is 32.9 Å². The van der Waals surface area contributed by atoms with E-state index < -0.39 is 0 Å². The van der Waals surface area contributed by atoms with Gasteiger partial charge in [0.05, 0.1) is 24.5 Å². The van der Waals surface area contributed by atoms with Crippen LogP contribution < -0.4 is 15.4 Å². The van der Waals surface area contributed by atoms with Crippen LogP contribution in [0.15, 0.2) is 36.4 Å². The monoisotopic (exact) mass is 442 g/mol. The van der Waals surface area contributed by atoms with Gasteiger partial charge in [-0.3, -0.25) is 0 Å². The number of nitrogens with zero attached hydrogens (tertiary/aromatic N) is 4. The molecule has 0 amide bonds. The zero-order valence-corrected chi connectivity index (χ0v) is 19.7. The Hall–Kier alpha value is -3.61. The number of pyridine rings is 1. The third kappa shape index (κ3) is 3.88. The van der Waals surface area contributed by atoms with E-state index in [0.717, 1.165) is 76.0 Å². The lowest BCUT2D eigenvalue weighted by molar-refractivity contribution is 0.340. The average molecular weight is 443 g/mol. The summed E-state index contributed by atoms with van der Waals surface area (Å²) in [5.74, 6) is 2.67. The summed E-state index contributed by atoms with van der Waals surface area (Å²) >= 11 is 0. The van der Waals surface area contributed by atoms with E-state index in [9.17, 15) is 0 Å². The lowest BCUT2D eigenvalue weighted by Gasteiger charge is -2.17. The molecule has 7 heteroatoms. The Bertz CT molecular complexity index is 1310. The number of aryl methyl sites for hydroxylation is 4. The molecule has 170 valence electrons. The number of fused-ring (bicyclic) bond motifs is 2. The van der Waals surface area contributed by atoms with Gasteiger partial charge in [-0.25, -0.2) is 4.98 Å². The maximum absolute atomic E-state index is 5.61. The normalized spacial score (nSPS) is 13.0. The molecule has 0 bridgehead atoms. The van der Waals surface area contributed by atoms with E-state index >= 15 is 0 Å². The topological polar surface area (TPSA) is 76.9 Å². The van der Waals surface area contributed by atoms with E-state index in [0.29, 0.717) is 13.2 Å². The maximum atomic E-state index is 5.61. The third-order valence-corrected chi connectivity index (χ3v) is 6.34. The Morgan fingerprint density at radius 1 is 1.00 bits per heavy atom. The Kier molecular flexibility index (Phi) is 5.62. The number of rotatable bonds is 6. The van der Waals surface area contributed by atoms with Crippen molar-refractivity contribution in [2.75, 3.05) is 23.8 Å². The molecular weight excluding hydrogens is 412 g/mol. The summed E-state index contributed by atoms with van der Waals surface area (Å²) in [6.45, 7) is 10.5. The molecule has 1 aliphatic heterocycles. The second kappa shape index (κ2) is 8.73. The molecule has 2 N–H and O–H groups in total. The van der Waals surface area contributed by atoms with E-state index in [1.807, 2.05) is 26.0 Å². The molecule has 5 rings (SSSR count). The van der Waals surface area contributed by atoms with E-state index in [-0.39, 0.29) is 0 Å². The van der Waals surface area contributed by atoms with Gasteiger partial charge in [0.25, 0.3) is 0 Å². The SMILES string of the molecule is CCOc1ccc(-n2c(C)c3c(C)nnc(NCc4ccc5c(n4)NCCC5)c3c2C)cc1. The molecule has 33 heavy (non-hydrogen) atoms. The van der Waals surface area contributed by atoms with Crippen LogP contribution in [0.4, 0.5) is 11.6 Å². The predicted molar refractivity (Wildman–Crippen MR) is 133 cm³/mol. The van der Waals surface area contributed by atoms with Gasteiger partial charge >= 0.3 is 0 Å². The van der Waals surface area contributed by atoms with Crippen LogP contribution in [0.5, 0.6) is 5.75 Å². The lowest BCUT2D eigenvalue weighted by Crippen LogP contribution is -2.15. The second-order valence-corrected chi connectivity index (χ2v) is 8.51. The van der Waals surface area contributed by atoms with Crippen LogP contribution in [0.3, 0.4) is 0 Å². The van der Waals surface area contributed by atoms with Crippen molar-refractivity contribution in [1.82, 2.24) is 19.7 Å². The summed E-state index contributed by atoms with van der Waals surface area (Å²) in [5.41, 5.74) is 6.58. The Labute approximate surface area is 194 Å².